The fourth-order valence-corrected chi connectivity index (χ4v) is 4.41. The SMILES string of the molecule is Cc1ccc(C(=S)NC2CC(NC(=O)O)CCC2NC(=O)CNC(=O)c2cccc(C(F)(F)F)c2)cc1. The summed E-state index contributed by atoms with van der Waals surface area (Å²) >= 11 is 5.52. The largest absolute Gasteiger partial charge is 0.465 e. The van der Waals surface area contributed by atoms with Crippen molar-refractivity contribution in [2.24, 2.45) is 0 Å². The molecule has 2 aromatic carbocycles. The molecule has 1 saturated carbocycles. The van der Waals surface area contributed by atoms with Crippen molar-refractivity contribution in [2.45, 2.75) is 50.5 Å². The molecule has 0 aromatic heterocycles. The molecule has 0 aliphatic heterocycles. The van der Waals surface area contributed by atoms with Gasteiger partial charge in [-0.2, -0.15) is 13.2 Å². The van der Waals surface area contributed by atoms with Crippen LogP contribution in [-0.2, 0) is 11.0 Å². The first-order valence-electron chi connectivity index (χ1n) is 11.5. The van der Waals surface area contributed by atoms with Crippen molar-refractivity contribution in [3.8, 4) is 0 Å². The van der Waals surface area contributed by atoms with Gasteiger partial charge in [0.25, 0.3) is 5.91 Å². The molecule has 198 valence electrons. The molecule has 3 rings (SSSR count). The van der Waals surface area contributed by atoms with Crippen LogP contribution in [0.15, 0.2) is 48.5 Å². The fraction of sp³-hybridized carbons (Fsp3) is 0.360. The maximum atomic E-state index is 12.9. The third-order valence-corrected chi connectivity index (χ3v) is 6.37. The van der Waals surface area contributed by atoms with Gasteiger partial charge < -0.3 is 26.4 Å². The standard InChI is InChI=1S/C25H27F3N4O4S/c1-14-5-7-15(8-6-14)23(37)32-20-12-18(30-24(35)36)9-10-19(20)31-21(33)13-29-22(34)16-3-2-4-17(11-16)25(26,27)28/h2-8,11,18-20,30H,9-10,12-13H2,1H3,(H,29,34)(H,31,33)(H,32,37)(H,35,36). The molecule has 3 atom stereocenters. The lowest BCUT2D eigenvalue weighted by Gasteiger charge is -2.37. The summed E-state index contributed by atoms with van der Waals surface area (Å²) in [6.07, 6.45) is -4.47. The number of carbonyl (C=O) groups excluding carboxylic acids is 2. The Bertz CT molecular complexity index is 1160. The van der Waals surface area contributed by atoms with Crippen molar-refractivity contribution in [3.63, 3.8) is 0 Å². The second-order valence-electron chi connectivity index (χ2n) is 8.84. The third kappa shape index (κ3) is 8.17. The maximum absolute atomic E-state index is 12.9. The predicted octanol–water partition coefficient (Wildman–Crippen LogP) is 3.38. The van der Waals surface area contributed by atoms with Crippen LogP contribution in [0.25, 0.3) is 0 Å². The van der Waals surface area contributed by atoms with Crippen molar-refractivity contribution in [1.82, 2.24) is 21.3 Å². The Balaban J connectivity index is 1.62. The van der Waals surface area contributed by atoms with Gasteiger partial charge in [0.1, 0.15) is 4.99 Å². The molecular weight excluding hydrogens is 509 g/mol. The van der Waals surface area contributed by atoms with Crippen LogP contribution in [-0.4, -0.2) is 52.7 Å². The number of carbonyl (C=O) groups is 3. The summed E-state index contributed by atoms with van der Waals surface area (Å²) < 4.78 is 38.7. The number of thiocarbonyl (C=S) groups is 1. The second kappa shape index (κ2) is 12.0. The molecule has 3 amide bonds. The van der Waals surface area contributed by atoms with E-state index in [-0.39, 0.29) is 11.6 Å². The number of rotatable bonds is 7. The molecule has 8 nitrogen and oxygen atoms in total. The second-order valence-corrected chi connectivity index (χ2v) is 9.25. The summed E-state index contributed by atoms with van der Waals surface area (Å²) in [5.74, 6) is -1.35. The van der Waals surface area contributed by atoms with Gasteiger partial charge in [-0.15, -0.1) is 0 Å². The van der Waals surface area contributed by atoms with Crippen molar-refractivity contribution >= 4 is 35.1 Å². The first kappa shape index (κ1) is 27.9. The molecule has 0 saturated heterocycles. The van der Waals surface area contributed by atoms with Crippen LogP contribution in [0.4, 0.5) is 18.0 Å². The van der Waals surface area contributed by atoms with Gasteiger partial charge in [0.05, 0.1) is 12.1 Å². The van der Waals surface area contributed by atoms with Crippen LogP contribution < -0.4 is 21.3 Å². The molecule has 12 heteroatoms. The minimum atomic E-state index is -4.59. The van der Waals surface area contributed by atoms with Gasteiger partial charge in [0.2, 0.25) is 5.91 Å². The van der Waals surface area contributed by atoms with E-state index in [4.69, 9.17) is 17.3 Å². The summed E-state index contributed by atoms with van der Waals surface area (Å²) in [7, 11) is 0. The summed E-state index contributed by atoms with van der Waals surface area (Å²) in [4.78, 5) is 36.5. The van der Waals surface area contributed by atoms with Gasteiger partial charge in [-0.1, -0.05) is 48.1 Å². The molecule has 2 aromatic rings. The predicted molar refractivity (Wildman–Crippen MR) is 134 cm³/mol. The molecule has 1 aliphatic carbocycles. The van der Waals surface area contributed by atoms with Gasteiger partial charge in [0.15, 0.2) is 0 Å². The Morgan fingerprint density at radius 3 is 2.32 bits per heavy atom. The molecule has 37 heavy (non-hydrogen) atoms. The zero-order valence-electron chi connectivity index (χ0n) is 19.9. The van der Waals surface area contributed by atoms with E-state index in [1.54, 1.807) is 0 Å². The molecule has 0 heterocycles. The van der Waals surface area contributed by atoms with Crippen LogP contribution in [0.2, 0.25) is 0 Å². The molecule has 0 spiro atoms. The van der Waals surface area contributed by atoms with Gasteiger partial charge in [0, 0.05) is 29.3 Å². The van der Waals surface area contributed by atoms with Crippen LogP contribution in [0, 0.1) is 6.92 Å². The molecule has 3 unspecified atom stereocenters. The highest BCUT2D eigenvalue weighted by Gasteiger charge is 2.33. The van der Waals surface area contributed by atoms with E-state index in [9.17, 15) is 27.6 Å². The van der Waals surface area contributed by atoms with Gasteiger partial charge in [-0.25, -0.2) is 4.79 Å². The summed E-state index contributed by atoms with van der Waals surface area (Å²) in [6, 6.07) is 10.3. The molecule has 1 aliphatic rings. The number of aryl methyl sites for hydroxylation is 1. The molecule has 0 radical (unpaired) electrons. The van der Waals surface area contributed by atoms with Gasteiger partial charge in [-0.3, -0.25) is 9.59 Å². The Morgan fingerprint density at radius 2 is 1.68 bits per heavy atom. The zero-order valence-corrected chi connectivity index (χ0v) is 20.7. The van der Waals surface area contributed by atoms with E-state index < -0.39 is 48.3 Å². The molecule has 0 bridgehead atoms. The number of amides is 3. The van der Waals surface area contributed by atoms with E-state index in [0.29, 0.717) is 24.3 Å². The summed E-state index contributed by atoms with van der Waals surface area (Å²) in [6.45, 7) is 1.50. The zero-order chi connectivity index (χ0) is 27.2. The number of carboxylic acid groups (broad SMARTS) is 1. The number of nitrogens with one attached hydrogen (secondary N) is 4. The number of benzene rings is 2. The van der Waals surface area contributed by atoms with E-state index in [1.165, 1.54) is 6.07 Å². The lowest BCUT2D eigenvalue weighted by molar-refractivity contribution is -0.137. The average Bonchev–Trinajstić information content (AvgIpc) is 2.83. The normalized spacial score (nSPS) is 19.4. The molecule has 5 N–H and O–H groups in total. The maximum Gasteiger partial charge on any atom is 0.416 e. The smallest absolute Gasteiger partial charge is 0.416 e. The van der Waals surface area contributed by atoms with Crippen LogP contribution >= 0.6 is 12.2 Å². The lowest BCUT2D eigenvalue weighted by atomic mass is 9.86. The monoisotopic (exact) mass is 536 g/mol. The van der Waals surface area contributed by atoms with Crippen LogP contribution in [0.1, 0.15) is 46.3 Å². The quantitative estimate of drug-likeness (QED) is 0.346. The summed E-state index contributed by atoms with van der Waals surface area (Å²) in [5.41, 5.74) is 0.653. The molecular formula is C25H27F3N4O4S. The Kier molecular flexibility index (Phi) is 9.09. The summed E-state index contributed by atoms with van der Waals surface area (Å²) in [5, 5.41) is 19.9. The lowest BCUT2D eigenvalue weighted by Crippen LogP contribution is -2.58. The number of alkyl halides is 3. The highest BCUT2D eigenvalue weighted by atomic mass is 32.1. The number of halogens is 3. The molecule has 1 fully saturated rings. The third-order valence-electron chi connectivity index (χ3n) is 6.02. The topological polar surface area (TPSA) is 120 Å². The minimum Gasteiger partial charge on any atom is -0.465 e. The fourth-order valence-electron chi connectivity index (χ4n) is 4.12. The van der Waals surface area contributed by atoms with Crippen molar-refractivity contribution in [2.75, 3.05) is 6.54 Å². The van der Waals surface area contributed by atoms with Crippen molar-refractivity contribution < 1.29 is 32.7 Å². The van der Waals surface area contributed by atoms with Crippen LogP contribution in [0.3, 0.4) is 0 Å². The van der Waals surface area contributed by atoms with E-state index in [2.05, 4.69) is 21.3 Å². The van der Waals surface area contributed by atoms with E-state index in [1.807, 2.05) is 31.2 Å². The highest BCUT2D eigenvalue weighted by molar-refractivity contribution is 7.80. The van der Waals surface area contributed by atoms with E-state index in [0.717, 1.165) is 29.3 Å². The Morgan fingerprint density at radius 1 is 0.973 bits per heavy atom. The average molecular weight is 537 g/mol. The van der Waals surface area contributed by atoms with Crippen molar-refractivity contribution in [1.29, 1.82) is 0 Å². The highest BCUT2D eigenvalue weighted by Crippen LogP contribution is 2.29. The van der Waals surface area contributed by atoms with E-state index >= 15 is 0 Å². The number of hydrogen-bond donors (Lipinski definition) is 5. The number of hydrogen-bond acceptors (Lipinski definition) is 4. The van der Waals surface area contributed by atoms with Crippen molar-refractivity contribution in [3.05, 3.63) is 70.8 Å². The first-order valence-corrected chi connectivity index (χ1v) is 11.9. The Hall–Kier alpha value is -3.67. The van der Waals surface area contributed by atoms with Crippen LogP contribution in [0.5, 0.6) is 0 Å². The van der Waals surface area contributed by atoms with Gasteiger partial charge >= 0.3 is 12.3 Å². The first-order chi connectivity index (χ1) is 17.4. The minimum absolute atomic E-state index is 0.217. The Labute approximate surface area is 217 Å². The van der Waals surface area contributed by atoms with Gasteiger partial charge in [-0.05, 0) is 44.4 Å².